The van der Waals surface area contributed by atoms with E-state index in [-0.39, 0.29) is 68.2 Å². The minimum Gasteiger partial charge on any atom is -0.623 e. The normalized spacial score (nSPS) is 11.1. The first-order chi connectivity index (χ1) is 11.0. The van der Waals surface area contributed by atoms with Crippen LogP contribution in [0.4, 0.5) is 68.2 Å². The van der Waals surface area contributed by atoms with Crippen LogP contribution in [0, 0.1) is 5.21 Å². The highest BCUT2D eigenvalue weighted by molar-refractivity contribution is 6.04. The summed E-state index contributed by atoms with van der Waals surface area (Å²) in [6.45, 7) is 0. The summed E-state index contributed by atoms with van der Waals surface area (Å²) in [5.41, 5.74) is 56.5. The summed E-state index contributed by atoms with van der Waals surface area (Å²) in [7, 11) is 0. The van der Waals surface area contributed by atoms with Gasteiger partial charge in [0.2, 0.25) is 0 Å². The molecule has 2 aromatic carbocycles. The second-order valence-electron chi connectivity index (χ2n) is 5.22. The molecule has 0 aliphatic rings. The van der Waals surface area contributed by atoms with Gasteiger partial charge in [-0.05, 0) is 0 Å². The van der Waals surface area contributed by atoms with E-state index in [1.165, 1.54) is 0 Å². The summed E-state index contributed by atoms with van der Waals surface area (Å²) in [5.74, 6) is 0. The van der Waals surface area contributed by atoms with E-state index in [2.05, 4.69) is 0 Å². The van der Waals surface area contributed by atoms with Gasteiger partial charge < -0.3 is 67.6 Å². The van der Waals surface area contributed by atoms with E-state index < -0.39 is 5.06 Å². The number of nitrogens with one attached hydrogen (secondary N) is 1. The molecule has 0 heterocycles. The molecule has 24 heavy (non-hydrogen) atoms. The first-order valence-corrected chi connectivity index (χ1v) is 6.59. The zero-order valence-electron chi connectivity index (χ0n) is 12.7. The largest absolute Gasteiger partial charge is 0.623 e. The lowest BCUT2D eigenvalue weighted by Crippen LogP contribution is -2.97. The molecule has 12 nitrogen and oxygen atoms in total. The summed E-state index contributed by atoms with van der Waals surface area (Å²) in [6.07, 6.45) is 0. The van der Waals surface area contributed by atoms with Crippen molar-refractivity contribution in [1.29, 1.82) is 0 Å². The maximum atomic E-state index is 12.9. The second kappa shape index (κ2) is 5.22. The minimum absolute atomic E-state index is 0.0289. The predicted octanol–water partition coefficient (Wildman–Crippen LogP) is -2.15. The third-order valence-corrected chi connectivity index (χ3v) is 3.85. The number of rotatable bonds is 2. The zero-order valence-corrected chi connectivity index (χ0v) is 12.7. The molecule has 2 aromatic rings. The van der Waals surface area contributed by atoms with Gasteiger partial charge in [-0.3, -0.25) is 0 Å². The monoisotopic (exact) mass is 335 g/mol. The molecule has 12 heteroatoms. The smallest absolute Gasteiger partial charge is 0.187 e. The van der Waals surface area contributed by atoms with Crippen molar-refractivity contribution >= 4 is 68.2 Å². The van der Waals surface area contributed by atoms with Crippen molar-refractivity contribution in [1.82, 2.24) is 0 Å². The Hall–Kier alpha value is -3.64. The number of quaternary nitrogens is 1. The Balaban J connectivity index is 2.84. The number of nitrogens with two attached hydrogens (primary N) is 10. The number of hydrogen-bond donors (Lipinski definition) is 11. The Labute approximate surface area is 136 Å². The van der Waals surface area contributed by atoms with Crippen LogP contribution in [0.1, 0.15) is 0 Å². The summed E-state index contributed by atoms with van der Waals surface area (Å²) in [6, 6.07) is 0. The molecule has 0 aliphatic carbocycles. The summed E-state index contributed by atoms with van der Waals surface area (Å²) in [5, 5.41) is 12.2. The van der Waals surface area contributed by atoms with Gasteiger partial charge in [-0.15, -0.1) is 0 Å². The molecule has 0 unspecified atom stereocenters. The highest BCUT2D eigenvalue weighted by Gasteiger charge is 2.28. The van der Waals surface area contributed by atoms with Crippen molar-refractivity contribution in [3.8, 4) is 0 Å². The molecule has 0 spiro atoms. The quantitative estimate of drug-likeness (QED) is 0.207. The molecule has 0 aromatic heterocycles. The molecule has 0 radical (unpaired) electrons. The lowest BCUT2D eigenvalue weighted by molar-refractivity contribution is -0.695. The van der Waals surface area contributed by atoms with Crippen molar-refractivity contribution in [3.05, 3.63) is 5.21 Å². The highest BCUT2D eigenvalue weighted by atomic mass is 16.5. The van der Waals surface area contributed by atoms with Crippen molar-refractivity contribution in [2.45, 2.75) is 0 Å². The van der Waals surface area contributed by atoms with Crippen LogP contribution in [0.5, 0.6) is 0 Å². The van der Waals surface area contributed by atoms with Gasteiger partial charge in [-0.1, -0.05) is 0 Å². The molecule has 0 saturated heterocycles. The van der Waals surface area contributed by atoms with E-state index >= 15 is 0 Å². The van der Waals surface area contributed by atoms with Crippen LogP contribution >= 0.6 is 0 Å². The molecule has 2 rings (SSSR count). The van der Waals surface area contributed by atoms with Gasteiger partial charge in [0, 0.05) is 0 Å². The maximum Gasteiger partial charge on any atom is 0.187 e. The fourth-order valence-electron chi connectivity index (χ4n) is 2.31. The summed E-state index contributed by atoms with van der Waals surface area (Å²) in [4.78, 5) is 0. The molecule has 0 amide bonds. The van der Waals surface area contributed by atoms with Crippen molar-refractivity contribution in [2.75, 3.05) is 57.3 Å². The fourth-order valence-corrected chi connectivity index (χ4v) is 2.31. The Bertz CT molecular complexity index is 720. The summed E-state index contributed by atoms with van der Waals surface area (Å²) >= 11 is 0. The third-order valence-electron chi connectivity index (χ3n) is 3.85. The Morgan fingerprint density at radius 1 is 0.375 bits per heavy atom. The van der Waals surface area contributed by atoms with Gasteiger partial charge in [-0.25, -0.2) is 0 Å². The highest BCUT2D eigenvalue weighted by Crippen LogP contribution is 2.44. The molecule has 0 aliphatic heterocycles. The third kappa shape index (κ3) is 2.02. The van der Waals surface area contributed by atoms with Crippen LogP contribution in [-0.2, 0) is 0 Å². The van der Waals surface area contributed by atoms with Crippen LogP contribution in [-0.4, -0.2) is 0 Å². The van der Waals surface area contributed by atoms with E-state index in [0.29, 0.717) is 0 Å². The molecule has 0 saturated carbocycles. The average Bonchev–Trinajstić information content (AvgIpc) is 2.55. The van der Waals surface area contributed by atoms with Crippen molar-refractivity contribution in [2.24, 2.45) is 0 Å². The van der Waals surface area contributed by atoms with Crippen LogP contribution in [0.15, 0.2) is 0 Å². The molecular weight excluding hydrogens is 314 g/mol. The van der Waals surface area contributed by atoms with Gasteiger partial charge in [0.15, 0.2) is 11.4 Å². The van der Waals surface area contributed by atoms with Gasteiger partial charge in [0.25, 0.3) is 0 Å². The van der Waals surface area contributed by atoms with E-state index in [9.17, 15) is 5.21 Å². The van der Waals surface area contributed by atoms with Gasteiger partial charge >= 0.3 is 0 Å². The lowest BCUT2D eigenvalue weighted by atomic mass is 10.1. The van der Waals surface area contributed by atoms with Gasteiger partial charge in [0.1, 0.15) is 22.7 Å². The number of benzene rings is 2. The Morgan fingerprint density at radius 3 is 0.750 bits per heavy atom. The fraction of sp³-hybridized carbons (Fsp3) is 0. The van der Waals surface area contributed by atoms with E-state index in [1.54, 1.807) is 0 Å². The lowest BCUT2D eigenvalue weighted by Gasteiger charge is -2.29. The van der Waals surface area contributed by atoms with E-state index in [0.717, 1.165) is 0 Å². The average molecular weight is 335 g/mol. The standard InChI is InChI=1S/C12H21N11O/c13-1-3(15)7(19)11(8(20)4(1)16)23(24)12-9(21)5(17)2(14)6(18)10(12)22/h23H,13-22H2. The number of nitrogen functional groups attached to an aromatic ring is 10. The maximum absolute atomic E-state index is 12.9. The first kappa shape index (κ1) is 16.7. The Kier molecular flexibility index (Phi) is 3.64. The second-order valence-corrected chi connectivity index (χ2v) is 5.22. The van der Waals surface area contributed by atoms with Crippen LogP contribution < -0.4 is 62.4 Å². The van der Waals surface area contributed by atoms with Crippen molar-refractivity contribution in [3.63, 3.8) is 0 Å². The van der Waals surface area contributed by atoms with Gasteiger partial charge in [-0.2, -0.15) is 0 Å². The SMILES string of the molecule is Nc1c(N)c(N)c([NH+]([O-])c2c(N)c(N)c(N)c(N)c2N)c(N)c1N. The molecule has 0 atom stereocenters. The van der Waals surface area contributed by atoms with Crippen molar-refractivity contribution < 1.29 is 5.06 Å². The van der Waals surface area contributed by atoms with E-state index in [4.69, 9.17) is 57.3 Å². The van der Waals surface area contributed by atoms with E-state index in [1.807, 2.05) is 0 Å². The molecule has 0 bridgehead atoms. The molecule has 21 N–H and O–H groups in total. The molecule has 130 valence electrons. The van der Waals surface area contributed by atoms with Crippen LogP contribution in [0.25, 0.3) is 0 Å². The zero-order chi connectivity index (χ0) is 18.5. The number of anilines is 10. The van der Waals surface area contributed by atoms with Gasteiger partial charge in [0.05, 0.1) is 34.1 Å². The number of hydrogen-bond acceptors (Lipinski definition) is 11. The summed E-state index contributed by atoms with van der Waals surface area (Å²) < 4.78 is 0. The molecular formula is C12H21N11O. The predicted molar refractivity (Wildman–Crippen MR) is 101 cm³/mol. The first-order valence-electron chi connectivity index (χ1n) is 6.59. The molecule has 0 fully saturated rings. The minimum atomic E-state index is -0.753. The Morgan fingerprint density at radius 2 is 0.542 bits per heavy atom. The topological polar surface area (TPSA) is 288 Å². The van der Waals surface area contributed by atoms with Crippen LogP contribution in [0.3, 0.4) is 0 Å². The van der Waals surface area contributed by atoms with Crippen LogP contribution in [0.2, 0.25) is 0 Å².